The smallest absolute Gasteiger partial charge is 0.242 e. The van der Waals surface area contributed by atoms with Gasteiger partial charge in [-0.05, 0) is 0 Å². The SMILES string of the molecule is O=C=NC1=NNOC=C1. The predicted molar refractivity (Wildman–Crippen MR) is 28.9 cm³/mol. The summed E-state index contributed by atoms with van der Waals surface area (Å²) in [5, 5.41) is 3.45. The van der Waals surface area contributed by atoms with Gasteiger partial charge in [-0.15, -0.1) is 15.7 Å². The van der Waals surface area contributed by atoms with E-state index in [1.807, 2.05) is 0 Å². The molecule has 0 spiro atoms. The van der Waals surface area contributed by atoms with Crippen LogP contribution in [0.5, 0.6) is 0 Å². The quantitative estimate of drug-likeness (QED) is 0.356. The average Bonchev–Trinajstić information content (AvgIpc) is 1.91. The van der Waals surface area contributed by atoms with Crippen LogP contribution >= 0.6 is 0 Å². The Balaban J connectivity index is 2.69. The van der Waals surface area contributed by atoms with E-state index >= 15 is 0 Å². The fourth-order valence-electron chi connectivity index (χ4n) is 0.345. The van der Waals surface area contributed by atoms with Crippen molar-refractivity contribution in [3.05, 3.63) is 12.3 Å². The summed E-state index contributed by atoms with van der Waals surface area (Å²) in [6, 6.07) is 0. The molecule has 0 bridgehead atoms. The van der Waals surface area contributed by atoms with Gasteiger partial charge in [0.2, 0.25) is 6.08 Å². The van der Waals surface area contributed by atoms with Crippen LogP contribution in [0.4, 0.5) is 0 Å². The van der Waals surface area contributed by atoms with Crippen molar-refractivity contribution >= 4 is 11.9 Å². The van der Waals surface area contributed by atoms with E-state index < -0.39 is 0 Å². The second-order valence-corrected chi connectivity index (χ2v) is 1.18. The van der Waals surface area contributed by atoms with E-state index in [9.17, 15) is 4.79 Å². The van der Waals surface area contributed by atoms with Crippen molar-refractivity contribution in [3.63, 3.8) is 0 Å². The van der Waals surface area contributed by atoms with Crippen LogP contribution in [-0.4, -0.2) is 11.9 Å². The van der Waals surface area contributed by atoms with Crippen LogP contribution in [0.25, 0.3) is 0 Å². The number of nitrogens with zero attached hydrogens (tertiary/aromatic N) is 2. The lowest BCUT2D eigenvalue weighted by atomic mass is 10.6. The lowest BCUT2D eigenvalue weighted by Gasteiger charge is -2.00. The van der Waals surface area contributed by atoms with Gasteiger partial charge < -0.3 is 4.84 Å². The highest BCUT2D eigenvalue weighted by atomic mass is 16.7. The van der Waals surface area contributed by atoms with Crippen molar-refractivity contribution < 1.29 is 9.63 Å². The monoisotopic (exact) mass is 125 g/mol. The van der Waals surface area contributed by atoms with Gasteiger partial charge >= 0.3 is 0 Å². The van der Waals surface area contributed by atoms with Gasteiger partial charge in [-0.3, -0.25) is 0 Å². The Morgan fingerprint density at radius 3 is 3.33 bits per heavy atom. The lowest BCUT2D eigenvalue weighted by molar-refractivity contribution is 0.135. The maximum absolute atomic E-state index is 9.60. The van der Waals surface area contributed by atoms with Gasteiger partial charge in [0.1, 0.15) is 6.26 Å². The summed E-state index contributed by atoms with van der Waals surface area (Å²) >= 11 is 0. The zero-order valence-corrected chi connectivity index (χ0v) is 4.37. The molecule has 0 unspecified atom stereocenters. The molecule has 1 rings (SSSR count). The molecule has 0 saturated carbocycles. The van der Waals surface area contributed by atoms with Gasteiger partial charge in [-0.1, -0.05) is 0 Å². The standard InChI is InChI=1S/C4H3N3O2/c8-3-5-4-1-2-9-7-6-4/h1-2,7H. The van der Waals surface area contributed by atoms with E-state index in [0.29, 0.717) is 0 Å². The lowest BCUT2D eigenvalue weighted by Crippen LogP contribution is -2.09. The molecule has 1 N–H and O–H groups in total. The largest absolute Gasteiger partial charge is 0.373 e. The van der Waals surface area contributed by atoms with Crippen LogP contribution in [0.1, 0.15) is 0 Å². The van der Waals surface area contributed by atoms with E-state index in [4.69, 9.17) is 0 Å². The molecular weight excluding hydrogens is 122 g/mol. The zero-order chi connectivity index (χ0) is 6.53. The molecule has 0 aromatic carbocycles. The van der Waals surface area contributed by atoms with Crippen molar-refractivity contribution in [2.45, 2.75) is 0 Å². The fraction of sp³-hybridized carbons (Fsp3) is 0. The first-order chi connectivity index (χ1) is 4.43. The van der Waals surface area contributed by atoms with E-state index in [0.717, 1.165) is 0 Å². The van der Waals surface area contributed by atoms with Crippen LogP contribution in [-0.2, 0) is 9.63 Å². The van der Waals surface area contributed by atoms with Crippen molar-refractivity contribution in [2.75, 3.05) is 0 Å². The van der Waals surface area contributed by atoms with Gasteiger partial charge in [0, 0.05) is 6.08 Å². The molecular formula is C4H3N3O2. The van der Waals surface area contributed by atoms with Crippen molar-refractivity contribution in [1.82, 2.24) is 5.59 Å². The molecule has 0 fully saturated rings. The highest BCUT2D eigenvalue weighted by molar-refractivity contribution is 5.96. The van der Waals surface area contributed by atoms with Crippen LogP contribution in [0.2, 0.25) is 0 Å². The maximum Gasteiger partial charge on any atom is 0.242 e. The van der Waals surface area contributed by atoms with Gasteiger partial charge in [-0.2, -0.15) is 0 Å². The predicted octanol–water partition coefficient (Wildman–Crippen LogP) is -0.316. The highest BCUT2D eigenvalue weighted by Gasteiger charge is 1.93. The minimum absolute atomic E-state index is 0.247. The molecule has 5 nitrogen and oxygen atoms in total. The van der Waals surface area contributed by atoms with Crippen molar-refractivity contribution in [1.29, 1.82) is 0 Å². The maximum atomic E-state index is 9.60. The number of rotatable bonds is 0. The number of amidine groups is 1. The Morgan fingerprint density at radius 1 is 1.89 bits per heavy atom. The third-order valence-corrected chi connectivity index (χ3v) is 0.658. The number of carbonyl (C=O) groups excluding carboxylic acids is 1. The topological polar surface area (TPSA) is 63.0 Å². The molecule has 1 aliphatic rings. The number of hydrogen-bond acceptors (Lipinski definition) is 5. The van der Waals surface area contributed by atoms with Crippen LogP contribution < -0.4 is 5.59 Å². The first kappa shape index (κ1) is 5.53. The average molecular weight is 125 g/mol. The highest BCUT2D eigenvalue weighted by Crippen LogP contribution is 1.87. The summed E-state index contributed by atoms with van der Waals surface area (Å²) in [5.41, 5.74) is 2.15. The summed E-state index contributed by atoms with van der Waals surface area (Å²) in [6.07, 6.45) is 4.09. The minimum Gasteiger partial charge on any atom is -0.373 e. The number of hydrazone groups is 1. The normalized spacial score (nSPS) is 14.4. The number of hydrogen-bond donors (Lipinski definition) is 1. The van der Waals surface area contributed by atoms with E-state index in [2.05, 4.69) is 20.5 Å². The third-order valence-electron chi connectivity index (χ3n) is 0.658. The molecule has 0 radical (unpaired) electrons. The molecule has 0 amide bonds. The Labute approximate surface area is 50.7 Å². The van der Waals surface area contributed by atoms with Crippen molar-refractivity contribution in [2.24, 2.45) is 10.1 Å². The Bertz CT molecular complexity index is 202. The molecule has 9 heavy (non-hydrogen) atoms. The molecule has 0 saturated heterocycles. The van der Waals surface area contributed by atoms with Crippen LogP contribution in [0, 0.1) is 0 Å². The van der Waals surface area contributed by atoms with E-state index in [1.54, 1.807) is 0 Å². The number of nitrogens with one attached hydrogen (secondary N) is 1. The summed E-state index contributed by atoms with van der Waals surface area (Å²) in [5.74, 6) is 0.247. The Kier molecular flexibility index (Phi) is 1.62. The molecule has 0 atom stereocenters. The summed E-state index contributed by atoms with van der Waals surface area (Å²) in [7, 11) is 0. The fourth-order valence-corrected chi connectivity index (χ4v) is 0.345. The molecule has 1 heterocycles. The first-order valence-electron chi connectivity index (χ1n) is 2.16. The van der Waals surface area contributed by atoms with Gasteiger partial charge in [0.15, 0.2) is 5.84 Å². The second-order valence-electron chi connectivity index (χ2n) is 1.18. The molecule has 0 aromatic rings. The summed E-state index contributed by atoms with van der Waals surface area (Å²) < 4.78 is 0. The second kappa shape index (κ2) is 2.64. The minimum atomic E-state index is 0.247. The Hall–Kier alpha value is -1.61. The van der Waals surface area contributed by atoms with Gasteiger partial charge in [-0.25, -0.2) is 4.79 Å². The molecule has 1 aliphatic heterocycles. The molecule has 46 valence electrons. The van der Waals surface area contributed by atoms with E-state index in [1.165, 1.54) is 18.4 Å². The van der Waals surface area contributed by atoms with Gasteiger partial charge in [0.05, 0.1) is 0 Å². The zero-order valence-electron chi connectivity index (χ0n) is 4.37. The van der Waals surface area contributed by atoms with Crippen molar-refractivity contribution in [3.8, 4) is 0 Å². The third kappa shape index (κ3) is 1.40. The van der Waals surface area contributed by atoms with E-state index in [-0.39, 0.29) is 5.84 Å². The molecule has 5 heteroatoms. The molecule has 0 aliphatic carbocycles. The Morgan fingerprint density at radius 2 is 2.78 bits per heavy atom. The first-order valence-corrected chi connectivity index (χ1v) is 2.16. The number of isocyanates is 1. The van der Waals surface area contributed by atoms with Gasteiger partial charge in [0.25, 0.3) is 0 Å². The number of aliphatic imine (C=N–C) groups is 1. The van der Waals surface area contributed by atoms with Crippen LogP contribution in [0.15, 0.2) is 22.4 Å². The molecule has 0 aromatic heterocycles. The van der Waals surface area contributed by atoms with Crippen LogP contribution in [0.3, 0.4) is 0 Å². The summed E-state index contributed by atoms with van der Waals surface area (Å²) in [6.45, 7) is 0. The summed E-state index contributed by atoms with van der Waals surface area (Å²) in [4.78, 5) is 17.2.